The highest BCUT2D eigenvalue weighted by molar-refractivity contribution is 6.31. The molecule has 1 aromatic heterocycles. The van der Waals surface area contributed by atoms with E-state index in [1.807, 2.05) is 12.1 Å². The first-order valence-corrected chi connectivity index (χ1v) is 11.7. The van der Waals surface area contributed by atoms with Crippen molar-refractivity contribution < 1.29 is 9.53 Å². The summed E-state index contributed by atoms with van der Waals surface area (Å²) in [4.78, 5) is 24.0. The summed E-state index contributed by atoms with van der Waals surface area (Å²) >= 11 is 5.78. The van der Waals surface area contributed by atoms with Crippen LogP contribution in [0.2, 0.25) is 5.15 Å². The lowest BCUT2D eigenvalue weighted by Gasteiger charge is -2.08. The molecule has 10 heteroatoms. The third-order valence-electron chi connectivity index (χ3n) is 4.96. The van der Waals surface area contributed by atoms with Gasteiger partial charge in [0.15, 0.2) is 28.4 Å². The summed E-state index contributed by atoms with van der Waals surface area (Å²) in [5.41, 5.74) is 18.0. The molecule has 9 nitrogen and oxygen atoms in total. The number of unbranched alkanes of at least 4 members (excludes halogenated alkanes) is 5. The zero-order valence-corrected chi connectivity index (χ0v) is 19.9. The van der Waals surface area contributed by atoms with E-state index in [1.54, 1.807) is 0 Å². The van der Waals surface area contributed by atoms with E-state index in [1.165, 1.54) is 31.2 Å². The second-order valence-corrected chi connectivity index (χ2v) is 8.08. The zero-order valence-electron chi connectivity index (χ0n) is 19.1. The van der Waals surface area contributed by atoms with Crippen LogP contribution in [0.1, 0.15) is 67.9 Å². The molecule has 0 bridgehead atoms. The smallest absolute Gasteiger partial charge is 0.280 e. The molecule has 1 aromatic carbocycles. The van der Waals surface area contributed by atoms with Crippen molar-refractivity contribution >= 4 is 35.1 Å². The summed E-state index contributed by atoms with van der Waals surface area (Å²) in [6.07, 6.45) is 8.84. The van der Waals surface area contributed by atoms with Crippen molar-refractivity contribution in [3.63, 3.8) is 0 Å². The Balaban J connectivity index is 1.66. The highest BCUT2D eigenvalue weighted by atomic mass is 35.5. The minimum absolute atomic E-state index is 0.0228. The summed E-state index contributed by atoms with van der Waals surface area (Å²) in [6, 6.07) is 8.22. The largest absolute Gasteiger partial charge is 0.494 e. The van der Waals surface area contributed by atoms with E-state index < -0.39 is 5.91 Å². The van der Waals surface area contributed by atoms with Gasteiger partial charge in [-0.25, -0.2) is 9.97 Å². The first-order valence-electron chi connectivity index (χ1n) is 11.3. The number of anilines is 2. The van der Waals surface area contributed by atoms with Gasteiger partial charge in [0.1, 0.15) is 5.75 Å². The number of aryl methyl sites for hydroxylation is 1. The van der Waals surface area contributed by atoms with Gasteiger partial charge in [-0.05, 0) is 43.4 Å². The quantitative estimate of drug-likeness (QED) is 0.195. The third-order valence-corrected chi connectivity index (χ3v) is 5.24. The number of nitrogens with zero attached hydrogens (tertiary/aromatic N) is 3. The van der Waals surface area contributed by atoms with Gasteiger partial charge in [-0.2, -0.15) is 0 Å². The van der Waals surface area contributed by atoms with Gasteiger partial charge < -0.3 is 21.9 Å². The number of rotatable bonds is 13. The first kappa shape index (κ1) is 26.2. The zero-order chi connectivity index (χ0) is 24.1. The predicted octanol–water partition coefficient (Wildman–Crippen LogP) is 3.71. The monoisotopic (exact) mass is 475 g/mol. The highest BCUT2D eigenvalue weighted by Gasteiger charge is 2.16. The van der Waals surface area contributed by atoms with Crippen LogP contribution in [0.15, 0.2) is 29.3 Å². The van der Waals surface area contributed by atoms with Crippen molar-refractivity contribution in [1.82, 2.24) is 15.3 Å². The molecule has 0 aliphatic rings. The van der Waals surface area contributed by atoms with E-state index in [0.29, 0.717) is 6.54 Å². The number of carbonyl (C=O) groups is 1. The van der Waals surface area contributed by atoms with Gasteiger partial charge >= 0.3 is 0 Å². The second-order valence-electron chi connectivity index (χ2n) is 7.72. The van der Waals surface area contributed by atoms with Gasteiger partial charge in [0.25, 0.3) is 5.91 Å². The molecule has 0 fully saturated rings. The molecule has 0 atom stereocenters. The maximum atomic E-state index is 12.2. The molecule has 0 aliphatic heterocycles. The number of nitrogens with two attached hydrogens (primary N) is 3. The fourth-order valence-corrected chi connectivity index (χ4v) is 3.24. The molecule has 0 aliphatic carbocycles. The molecule has 1 heterocycles. The normalized spacial score (nSPS) is 11.4. The lowest BCUT2D eigenvalue weighted by molar-refractivity contribution is 0.0972. The average molecular weight is 476 g/mol. The maximum absolute atomic E-state index is 12.2. The Morgan fingerprint density at radius 3 is 2.48 bits per heavy atom. The number of carbonyl (C=O) groups excluding carboxylic acids is 1. The van der Waals surface area contributed by atoms with E-state index in [4.69, 9.17) is 33.5 Å². The van der Waals surface area contributed by atoms with Gasteiger partial charge in [0.05, 0.1) is 6.61 Å². The van der Waals surface area contributed by atoms with Crippen molar-refractivity contribution in [3.05, 3.63) is 40.7 Å². The number of guanidine groups is 1. The van der Waals surface area contributed by atoms with E-state index in [2.05, 4.69) is 39.3 Å². The van der Waals surface area contributed by atoms with Crippen molar-refractivity contribution in [1.29, 1.82) is 0 Å². The van der Waals surface area contributed by atoms with Crippen LogP contribution in [0.3, 0.4) is 0 Å². The van der Waals surface area contributed by atoms with Crippen molar-refractivity contribution in [2.45, 2.75) is 58.3 Å². The number of halogens is 1. The predicted molar refractivity (Wildman–Crippen MR) is 133 cm³/mol. The highest BCUT2D eigenvalue weighted by Crippen LogP contribution is 2.17. The summed E-state index contributed by atoms with van der Waals surface area (Å²) < 4.78 is 5.80. The Kier molecular flexibility index (Phi) is 11.2. The Morgan fingerprint density at radius 1 is 1.03 bits per heavy atom. The molecule has 0 saturated heterocycles. The number of amides is 1. The molecular weight excluding hydrogens is 442 g/mol. The van der Waals surface area contributed by atoms with Crippen molar-refractivity contribution in [2.24, 2.45) is 10.7 Å². The Bertz CT molecular complexity index is 920. The van der Waals surface area contributed by atoms with E-state index in [0.717, 1.165) is 38.0 Å². The van der Waals surface area contributed by atoms with E-state index in [-0.39, 0.29) is 28.4 Å². The topological polar surface area (TPSA) is 155 Å². The number of aromatic nitrogens is 2. The number of benzene rings is 1. The molecule has 33 heavy (non-hydrogen) atoms. The maximum Gasteiger partial charge on any atom is 0.280 e. The molecular formula is C23H34ClN7O2. The molecule has 0 saturated carbocycles. The fourth-order valence-electron chi connectivity index (χ4n) is 3.11. The van der Waals surface area contributed by atoms with Gasteiger partial charge in [0.2, 0.25) is 0 Å². The third kappa shape index (κ3) is 9.53. The van der Waals surface area contributed by atoms with Crippen LogP contribution in [0.4, 0.5) is 11.6 Å². The van der Waals surface area contributed by atoms with Crippen LogP contribution in [0.25, 0.3) is 0 Å². The fraction of sp³-hybridized carbons (Fsp3) is 0.478. The van der Waals surface area contributed by atoms with Crippen LogP contribution < -0.4 is 27.3 Å². The Labute approximate surface area is 200 Å². The van der Waals surface area contributed by atoms with E-state index in [9.17, 15) is 4.79 Å². The van der Waals surface area contributed by atoms with Crippen LogP contribution in [0.5, 0.6) is 5.75 Å². The molecule has 7 N–H and O–H groups in total. The van der Waals surface area contributed by atoms with Crippen molar-refractivity contribution in [2.75, 3.05) is 24.6 Å². The lowest BCUT2D eigenvalue weighted by Crippen LogP contribution is -2.38. The van der Waals surface area contributed by atoms with Crippen LogP contribution >= 0.6 is 11.6 Å². The lowest BCUT2D eigenvalue weighted by atomic mass is 10.1. The number of hydrogen-bond donors (Lipinski definition) is 4. The van der Waals surface area contributed by atoms with Crippen molar-refractivity contribution in [3.8, 4) is 5.75 Å². The molecule has 180 valence electrons. The number of nitrogen functional groups attached to an aromatic ring is 2. The molecule has 0 spiro atoms. The first-order chi connectivity index (χ1) is 15.9. The molecule has 2 rings (SSSR count). The molecule has 0 unspecified atom stereocenters. The van der Waals surface area contributed by atoms with Gasteiger partial charge in [0, 0.05) is 6.54 Å². The van der Waals surface area contributed by atoms with E-state index >= 15 is 0 Å². The number of ether oxygens (including phenoxy) is 1. The summed E-state index contributed by atoms with van der Waals surface area (Å²) in [5.74, 6) is 0.0600. The molecule has 0 radical (unpaired) electrons. The van der Waals surface area contributed by atoms with Crippen LogP contribution in [-0.4, -0.2) is 35.0 Å². The minimum Gasteiger partial charge on any atom is -0.494 e. The summed E-state index contributed by atoms with van der Waals surface area (Å²) in [7, 11) is 0. The summed E-state index contributed by atoms with van der Waals surface area (Å²) in [6.45, 7) is 3.47. The number of nitrogens with one attached hydrogen (secondary N) is 1. The number of hydrogen-bond acceptors (Lipinski definition) is 7. The minimum atomic E-state index is -0.647. The SMILES string of the molecule is CCCCCCCOc1ccc(CCCCN=C(N)NC(=O)c2nc(Cl)c(N)nc2N)cc1. The number of aliphatic imine (C=N–C) groups is 1. The molecule has 2 aromatic rings. The van der Waals surface area contributed by atoms with Gasteiger partial charge in [-0.15, -0.1) is 0 Å². The van der Waals surface area contributed by atoms with Gasteiger partial charge in [-0.3, -0.25) is 15.1 Å². The van der Waals surface area contributed by atoms with Crippen LogP contribution in [-0.2, 0) is 6.42 Å². The standard InChI is InChI=1S/C23H34ClN7O2/c1-2-3-4-5-8-15-33-17-12-10-16(11-13-17)9-6-7-14-28-23(27)31-22(32)18-20(25)30-21(26)19(24)29-18/h10-13H,2-9,14-15H2,1H3,(H4,25,26,30)(H3,27,28,31,32). The molecule has 1 amide bonds. The van der Waals surface area contributed by atoms with Crippen LogP contribution in [0, 0.1) is 0 Å². The Morgan fingerprint density at radius 2 is 1.76 bits per heavy atom. The Hall–Kier alpha value is -3.07. The van der Waals surface area contributed by atoms with Gasteiger partial charge in [-0.1, -0.05) is 56.3 Å². The summed E-state index contributed by atoms with van der Waals surface area (Å²) in [5, 5.41) is 2.32. The average Bonchev–Trinajstić information content (AvgIpc) is 2.79. The second kappa shape index (κ2) is 14.2.